The van der Waals surface area contributed by atoms with Crippen LogP contribution in [0.15, 0.2) is 42.6 Å². The standard InChI is InChI=1S/C19H21N3O7/c1-19(2,3)29-18(25)21-14(17(23)24)9-12-10-16(20-11-15(12)22(26)27)28-13-7-5-4-6-8-13/h4-8,10-11,14H,9H2,1-3H3,(H,21,25)(H,23,24)/t14-/m0/s1. The van der Waals surface area contributed by atoms with E-state index in [1.54, 1.807) is 51.1 Å². The zero-order chi connectivity index (χ0) is 21.6. The number of ether oxygens (including phenoxy) is 2. The Morgan fingerprint density at radius 2 is 1.93 bits per heavy atom. The second-order valence-corrected chi connectivity index (χ2v) is 7.06. The first-order chi connectivity index (χ1) is 13.5. The van der Waals surface area contributed by atoms with Crippen molar-refractivity contribution >= 4 is 17.7 Å². The van der Waals surface area contributed by atoms with Crippen molar-refractivity contribution in [3.63, 3.8) is 0 Å². The number of aliphatic carboxylic acids is 1. The van der Waals surface area contributed by atoms with Gasteiger partial charge in [0.25, 0.3) is 5.69 Å². The summed E-state index contributed by atoms with van der Waals surface area (Å²) in [5.74, 6) is -0.854. The van der Waals surface area contributed by atoms with Gasteiger partial charge in [-0.1, -0.05) is 18.2 Å². The number of carbonyl (C=O) groups excluding carboxylic acids is 1. The highest BCUT2D eigenvalue weighted by molar-refractivity contribution is 5.80. The van der Waals surface area contributed by atoms with Gasteiger partial charge in [0.2, 0.25) is 5.88 Å². The molecule has 154 valence electrons. The fraction of sp³-hybridized carbons (Fsp3) is 0.316. The van der Waals surface area contributed by atoms with Crippen molar-refractivity contribution < 1.29 is 29.1 Å². The lowest BCUT2D eigenvalue weighted by atomic mass is 10.1. The molecular formula is C19H21N3O7. The Balaban J connectivity index is 2.26. The van der Waals surface area contributed by atoms with Crippen LogP contribution in [0.3, 0.4) is 0 Å². The Hall–Kier alpha value is -3.69. The lowest BCUT2D eigenvalue weighted by Gasteiger charge is -2.22. The van der Waals surface area contributed by atoms with Gasteiger partial charge in [0.15, 0.2) is 0 Å². The van der Waals surface area contributed by atoms with Gasteiger partial charge in [-0.05, 0) is 32.9 Å². The number of nitrogens with one attached hydrogen (secondary N) is 1. The molecule has 0 unspecified atom stereocenters. The van der Waals surface area contributed by atoms with Crippen LogP contribution in [0.5, 0.6) is 11.6 Å². The summed E-state index contributed by atoms with van der Waals surface area (Å²) < 4.78 is 10.6. The topological polar surface area (TPSA) is 141 Å². The molecule has 0 saturated heterocycles. The second-order valence-electron chi connectivity index (χ2n) is 7.06. The number of hydrogen-bond donors (Lipinski definition) is 2. The predicted octanol–water partition coefficient (Wildman–Crippen LogP) is 3.30. The van der Waals surface area contributed by atoms with Crippen LogP contribution in [-0.2, 0) is 16.0 Å². The molecule has 2 aromatic rings. The average Bonchev–Trinajstić information content (AvgIpc) is 2.60. The average molecular weight is 403 g/mol. The van der Waals surface area contributed by atoms with Gasteiger partial charge in [-0.25, -0.2) is 14.6 Å². The van der Waals surface area contributed by atoms with E-state index in [4.69, 9.17) is 9.47 Å². The minimum absolute atomic E-state index is 0.0411. The molecule has 0 radical (unpaired) electrons. The normalized spacial score (nSPS) is 12.0. The number of pyridine rings is 1. The molecule has 10 heteroatoms. The number of nitrogens with zero attached hydrogens (tertiary/aromatic N) is 2. The van der Waals surface area contributed by atoms with Crippen LogP contribution in [0.4, 0.5) is 10.5 Å². The van der Waals surface area contributed by atoms with Crippen LogP contribution in [0.25, 0.3) is 0 Å². The minimum atomic E-state index is -1.45. The Kier molecular flexibility index (Phi) is 6.71. The predicted molar refractivity (Wildman–Crippen MR) is 102 cm³/mol. The molecule has 0 fully saturated rings. The molecule has 2 rings (SSSR count). The summed E-state index contributed by atoms with van der Waals surface area (Å²) in [4.78, 5) is 38.0. The van der Waals surface area contributed by atoms with Gasteiger partial charge in [-0.15, -0.1) is 0 Å². The van der Waals surface area contributed by atoms with E-state index in [-0.39, 0.29) is 23.6 Å². The first kappa shape index (κ1) is 21.6. The molecule has 2 N–H and O–H groups in total. The van der Waals surface area contributed by atoms with Crippen molar-refractivity contribution in [2.75, 3.05) is 0 Å². The monoisotopic (exact) mass is 403 g/mol. The van der Waals surface area contributed by atoms with Gasteiger partial charge < -0.3 is 19.9 Å². The van der Waals surface area contributed by atoms with Crippen molar-refractivity contribution in [1.29, 1.82) is 0 Å². The van der Waals surface area contributed by atoms with E-state index in [0.717, 1.165) is 6.20 Å². The molecule has 1 aromatic carbocycles. The van der Waals surface area contributed by atoms with E-state index in [1.165, 1.54) is 6.07 Å². The van der Waals surface area contributed by atoms with E-state index in [2.05, 4.69) is 10.3 Å². The summed E-state index contributed by atoms with van der Waals surface area (Å²) in [6, 6.07) is 8.45. The highest BCUT2D eigenvalue weighted by Crippen LogP contribution is 2.26. The number of carboxylic acid groups (broad SMARTS) is 1. The third kappa shape index (κ3) is 6.76. The van der Waals surface area contributed by atoms with Crippen LogP contribution in [0, 0.1) is 10.1 Å². The first-order valence-corrected chi connectivity index (χ1v) is 8.63. The number of carboxylic acids is 1. The van der Waals surface area contributed by atoms with Gasteiger partial charge in [0.1, 0.15) is 23.6 Å². The summed E-state index contributed by atoms with van der Waals surface area (Å²) in [5, 5.41) is 23.0. The maximum atomic E-state index is 11.9. The largest absolute Gasteiger partial charge is 0.480 e. The Morgan fingerprint density at radius 3 is 2.48 bits per heavy atom. The number of hydrogen-bond acceptors (Lipinski definition) is 7. The highest BCUT2D eigenvalue weighted by Gasteiger charge is 2.27. The van der Waals surface area contributed by atoms with E-state index in [0.29, 0.717) is 5.75 Å². The molecule has 0 aliphatic heterocycles. The van der Waals surface area contributed by atoms with Crippen LogP contribution in [0.1, 0.15) is 26.3 Å². The number of alkyl carbamates (subject to hydrolysis) is 1. The zero-order valence-corrected chi connectivity index (χ0v) is 16.1. The molecule has 0 saturated carbocycles. The molecule has 1 aromatic heterocycles. The maximum absolute atomic E-state index is 11.9. The fourth-order valence-electron chi connectivity index (χ4n) is 2.33. The van der Waals surface area contributed by atoms with E-state index >= 15 is 0 Å². The van der Waals surface area contributed by atoms with Crippen LogP contribution >= 0.6 is 0 Å². The Labute approximate surface area is 166 Å². The Bertz CT molecular complexity index is 894. The molecular weight excluding hydrogens is 382 g/mol. The number of carbonyl (C=O) groups is 2. The maximum Gasteiger partial charge on any atom is 0.408 e. The second kappa shape index (κ2) is 9.00. The van der Waals surface area contributed by atoms with E-state index in [1.807, 2.05) is 0 Å². The number of amides is 1. The summed E-state index contributed by atoms with van der Waals surface area (Å²) in [6.45, 7) is 4.88. The molecule has 0 spiro atoms. The van der Waals surface area contributed by atoms with Crippen molar-refractivity contribution in [1.82, 2.24) is 10.3 Å². The lowest BCUT2D eigenvalue weighted by molar-refractivity contribution is -0.385. The molecule has 29 heavy (non-hydrogen) atoms. The summed E-state index contributed by atoms with van der Waals surface area (Å²) in [7, 11) is 0. The van der Waals surface area contributed by atoms with Gasteiger partial charge in [0.05, 0.1) is 4.92 Å². The van der Waals surface area contributed by atoms with Crippen LogP contribution in [0.2, 0.25) is 0 Å². The smallest absolute Gasteiger partial charge is 0.408 e. The molecule has 0 bridgehead atoms. The van der Waals surface area contributed by atoms with E-state index in [9.17, 15) is 24.8 Å². The van der Waals surface area contributed by atoms with Crippen molar-refractivity contribution in [2.45, 2.75) is 38.8 Å². The summed E-state index contributed by atoms with van der Waals surface area (Å²) in [6.07, 6.45) is -0.319. The quantitative estimate of drug-likeness (QED) is 0.530. The van der Waals surface area contributed by atoms with Crippen molar-refractivity contribution in [3.8, 4) is 11.6 Å². The minimum Gasteiger partial charge on any atom is -0.480 e. The number of benzene rings is 1. The number of para-hydroxylation sites is 1. The Morgan fingerprint density at radius 1 is 1.28 bits per heavy atom. The molecule has 1 amide bonds. The van der Waals surface area contributed by atoms with Crippen molar-refractivity contribution in [2.24, 2.45) is 0 Å². The van der Waals surface area contributed by atoms with Gasteiger partial charge in [0, 0.05) is 18.1 Å². The van der Waals surface area contributed by atoms with Crippen LogP contribution in [-0.4, -0.2) is 38.7 Å². The molecule has 1 atom stereocenters. The van der Waals surface area contributed by atoms with Gasteiger partial charge >= 0.3 is 12.1 Å². The number of rotatable bonds is 7. The van der Waals surface area contributed by atoms with Gasteiger partial charge in [-0.3, -0.25) is 10.1 Å². The third-order valence-corrected chi connectivity index (χ3v) is 3.52. The SMILES string of the molecule is CC(C)(C)OC(=O)N[C@@H](Cc1cc(Oc2ccccc2)ncc1[N+](=O)[O-])C(=O)O. The number of aromatic nitrogens is 1. The molecule has 0 aliphatic carbocycles. The lowest BCUT2D eigenvalue weighted by Crippen LogP contribution is -2.44. The molecule has 10 nitrogen and oxygen atoms in total. The summed E-state index contributed by atoms with van der Waals surface area (Å²) in [5.41, 5.74) is -1.17. The fourth-order valence-corrected chi connectivity index (χ4v) is 2.33. The molecule has 1 heterocycles. The third-order valence-electron chi connectivity index (χ3n) is 3.52. The van der Waals surface area contributed by atoms with Crippen molar-refractivity contribution in [3.05, 3.63) is 58.3 Å². The van der Waals surface area contributed by atoms with E-state index < -0.39 is 28.6 Å². The zero-order valence-electron chi connectivity index (χ0n) is 16.1. The summed E-state index contributed by atoms with van der Waals surface area (Å²) >= 11 is 0. The highest BCUT2D eigenvalue weighted by atomic mass is 16.6. The molecule has 0 aliphatic rings. The van der Waals surface area contributed by atoms with Crippen LogP contribution < -0.4 is 10.1 Å². The van der Waals surface area contributed by atoms with Gasteiger partial charge in [-0.2, -0.15) is 0 Å². The number of nitro groups is 1. The first-order valence-electron chi connectivity index (χ1n) is 8.63.